The summed E-state index contributed by atoms with van der Waals surface area (Å²) in [5, 5.41) is 12.7. The minimum absolute atomic E-state index is 0.0269. The highest BCUT2D eigenvalue weighted by Crippen LogP contribution is 2.28. The van der Waals surface area contributed by atoms with Gasteiger partial charge in [-0.25, -0.2) is 4.79 Å². The molecule has 1 aliphatic rings. The predicted molar refractivity (Wildman–Crippen MR) is 69.3 cm³/mol. The molecule has 1 fully saturated rings. The first kappa shape index (κ1) is 14.3. The molecule has 0 unspecified atom stereocenters. The average Bonchev–Trinajstić information content (AvgIpc) is 2.15. The van der Waals surface area contributed by atoms with Gasteiger partial charge in [0.1, 0.15) is 0 Å². The van der Waals surface area contributed by atoms with Crippen molar-refractivity contribution in [3.05, 3.63) is 0 Å². The number of carboxylic acid groups (broad SMARTS) is 1. The second-order valence-corrected chi connectivity index (χ2v) is 5.98. The van der Waals surface area contributed by atoms with E-state index in [9.17, 15) is 9.90 Å². The molecule has 0 radical (unpaired) electrons. The van der Waals surface area contributed by atoms with Crippen LogP contribution in [0.3, 0.4) is 0 Å². The number of hydrogen-bond donors (Lipinski definition) is 2. The number of amides is 1. The lowest BCUT2D eigenvalue weighted by Crippen LogP contribution is -2.52. The van der Waals surface area contributed by atoms with Crippen molar-refractivity contribution in [1.29, 1.82) is 0 Å². The maximum absolute atomic E-state index is 11.3. The molecular weight excluding hydrogens is 216 g/mol. The van der Waals surface area contributed by atoms with E-state index >= 15 is 0 Å². The first-order chi connectivity index (χ1) is 7.84. The summed E-state index contributed by atoms with van der Waals surface area (Å²) in [6.07, 6.45) is 2.54. The quantitative estimate of drug-likeness (QED) is 0.796. The summed E-state index contributed by atoms with van der Waals surface area (Å²) in [5.41, 5.74) is -0.288. The van der Waals surface area contributed by atoms with Gasteiger partial charge in [-0.3, -0.25) is 0 Å². The van der Waals surface area contributed by atoms with E-state index in [1.807, 2.05) is 27.7 Å². The van der Waals surface area contributed by atoms with Crippen molar-refractivity contribution in [3.63, 3.8) is 0 Å². The predicted octanol–water partition coefficient (Wildman–Crippen LogP) is 2.54. The summed E-state index contributed by atoms with van der Waals surface area (Å²) in [6, 6.07) is 0.0269. The molecule has 0 saturated carbocycles. The van der Waals surface area contributed by atoms with Gasteiger partial charge in [-0.05, 0) is 66.0 Å². The number of carbonyl (C=O) groups is 1. The topological polar surface area (TPSA) is 52.6 Å². The van der Waals surface area contributed by atoms with Crippen LogP contribution in [0, 0.1) is 5.92 Å². The Balaban J connectivity index is 2.66. The number of hydrogen-bond acceptors (Lipinski definition) is 2. The van der Waals surface area contributed by atoms with Gasteiger partial charge >= 0.3 is 6.09 Å². The summed E-state index contributed by atoms with van der Waals surface area (Å²) < 4.78 is 0. The molecule has 1 amide bonds. The summed E-state index contributed by atoms with van der Waals surface area (Å²) >= 11 is 0. The van der Waals surface area contributed by atoms with Gasteiger partial charge < -0.3 is 15.3 Å². The van der Waals surface area contributed by atoms with Crippen LogP contribution in [0.1, 0.15) is 47.0 Å². The first-order valence-electron chi connectivity index (χ1n) is 6.57. The Hall–Kier alpha value is -0.770. The molecule has 4 nitrogen and oxygen atoms in total. The van der Waals surface area contributed by atoms with Crippen LogP contribution < -0.4 is 5.32 Å². The van der Waals surface area contributed by atoms with Crippen LogP contribution in [0.25, 0.3) is 0 Å². The van der Waals surface area contributed by atoms with Crippen molar-refractivity contribution in [3.8, 4) is 0 Å². The van der Waals surface area contributed by atoms with E-state index < -0.39 is 6.09 Å². The Bertz CT molecular complexity index is 258. The molecule has 1 atom stereocenters. The van der Waals surface area contributed by atoms with Gasteiger partial charge in [-0.1, -0.05) is 0 Å². The van der Waals surface area contributed by atoms with Gasteiger partial charge in [-0.2, -0.15) is 0 Å². The van der Waals surface area contributed by atoms with E-state index in [1.165, 1.54) is 12.8 Å². The minimum Gasteiger partial charge on any atom is -0.465 e. The fraction of sp³-hybridized carbons (Fsp3) is 0.923. The zero-order chi connectivity index (χ0) is 13.1. The van der Waals surface area contributed by atoms with Gasteiger partial charge in [0.2, 0.25) is 0 Å². The molecule has 0 aliphatic carbocycles. The number of piperidine rings is 1. The summed E-state index contributed by atoms with van der Waals surface area (Å²) in [7, 11) is 0. The second kappa shape index (κ2) is 5.71. The first-order valence-corrected chi connectivity index (χ1v) is 6.57. The fourth-order valence-electron chi connectivity index (χ4n) is 3.08. The average molecular weight is 242 g/mol. The van der Waals surface area contributed by atoms with Crippen LogP contribution in [-0.4, -0.2) is 40.8 Å². The zero-order valence-corrected chi connectivity index (χ0v) is 11.5. The summed E-state index contributed by atoms with van der Waals surface area (Å²) in [5.74, 6) is 0.597. The molecule has 0 aromatic rings. The molecule has 1 aliphatic heterocycles. The van der Waals surface area contributed by atoms with Crippen molar-refractivity contribution in [1.82, 2.24) is 10.2 Å². The largest absolute Gasteiger partial charge is 0.465 e. The van der Waals surface area contributed by atoms with Crippen LogP contribution in [0.5, 0.6) is 0 Å². The lowest BCUT2D eigenvalue weighted by Gasteiger charge is -2.42. The SMILES string of the molecule is CC(C)N(C(=O)O)C(C)(C)C[C@@H]1CCCNC1. The van der Waals surface area contributed by atoms with E-state index in [2.05, 4.69) is 5.32 Å². The van der Waals surface area contributed by atoms with E-state index in [4.69, 9.17) is 0 Å². The Labute approximate surface area is 104 Å². The molecule has 2 N–H and O–H groups in total. The van der Waals surface area contributed by atoms with Crippen LogP contribution >= 0.6 is 0 Å². The maximum atomic E-state index is 11.3. The standard InChI is InChI=1S/C13H26N2O2/c1-10(2)15(12(16)17)13(3,4)8-11-6-5-7-14-9-11/h10-11,14H,5-9H2,1-4H3,(H,16,17)/t11-/m0/s1. The lowest BCUT2D eigenvalue weighted by molar-refractivity contribution is 0.0558. The summed E-state index contributed by atoms with van der Waals surface area (Å²) in [6.45, 7) is 10.1. The van der Waals surface area contributed by atoms with Crippen molar-refractivity contribution in [2.24, 2.45) is 5.92 Å². The molecule has 100 valence electrons. The lowest BCUT2D eigenvalue weighted by atomic mass is 9.84. The zero-order valence-electron chi connectivity index (χ0n) is 11.5. The van der Waals surface area contributed by atoms with Crippen molar-refractivity contribution < 1.29 is 9.90 Å². The number of rotatable bonds is 4. The molecule has 0 bridgehead atoms. The smallest absolute Gasteiger partial charge is 0.407 e. The molecule has 17 heavy (non-hydrogen) atoms. The van der Waals surface area contributed by atoms with Crippen LogP contribution in [0.4, 0.5) is 4.79 Å². The van der Waals surface area contributed by atoms with Crippen LogP contribution in [-0.2, 0) is 0 Å². The van der Waals surface area contributed by atoms with E-state index in [0.29, 0.717) is 5.92 Å². The molecule has 1 rings (SSSR count). The van der Waals surface area contributed by atoms with Gasteiger partial charge in [0.15, 0.2) is 0 Å². The number of nitrogens with zero attached hydrogens (tertiary/aromatic N) is 1. The van der Waals surface area contributed by atoms with Crippen LogP contribution in [0.15, 0.2) is 0 Å². The third-order valence-corrected chi connectivity index (χ3v) is 3.56. The molecular formula is C13H26N2O2. The Kier molecular flexibility index (Phi) is 4.80. The highest BCUT2D eigenvalue weighted by Gasteiger charge is 2.35. The van der Waals surface area contributed by atoms with E-state index in [-0.39, 0.29) is 11.6 Å². The second-order valence-electron chi connectivity index (χ2n) is 5.98. The van der Waals surface area contributed by atoms with Gasteiger partial charge in [0.25, 0.3) is 0 Å². The molecule has 1 saturated heterocycles. The fourth-order valence-corrected chi connectivity index (χ4v) is 3.08. The maximum Gasteiger partial charge on any atom is 0.407 e. The minimum atomic E-state index is -0.811. The third-order valence-electron chi connectivity index (χ3n) is 3.56. The van der Waals surface area contributed by atoms with Gasteiger partial charge in [0, 0.05) is 11.6 Å². The molecule has 0 aromatic heterocycles. The van der Waals surface area contributed by atoms with Crippen molar-refractivity contribution >= 4 is 6.09 Å². The molecule has 4 heteroatoms. The van der Waals surface area contributed by atoms with Crippen molar-refractivity contribution in [2.45, 2.75) is 58.5 Å². The highest BCUT2D eigenvalue weighted by molar-refractivity contribution is 5.66. The van der Waals surface area contributed by atoms with E-state index in [0.717, 1.165) is 19.5 Å². The Morgan fingerprint density at radius 2 is 2.18 bits per heavy atom. The Morgan fingerprint density at radius 1 is 1.53 bits per heavy atom. The molecule has 1 heterocycles. The van der Waals surface area contributed by atoms with Crippen molar-refractivity contribution in [2.75, 3.05) is 13.1 Å². The third kappa shape index (κ3) is 3.87. The monoisotopic (exact) mass is 242 g/mol. The normalized spacial score (nSPS) is 21.6. The summed E-state index contributed by atoms with van der Waals surface area (Å²) in [4.78, 5) is 12.9. The van der Waals surface area contributed by atoms with Gasteiger partial charge in [0.05, 0.1) is 0 Å². The highest BCUT2D eigenvalue weighted by atomic mass is 16.4. The number of nitrogens with one attached hydrogen (secondary N) is 1. The molecule has 0 aromatic carbocycles. The van der Waals surface area contributed by atoms with E-state index in [1.54, 1.807) is 4.90 Å². The Morgan fingerprint density at radius 3 is 2.59 bits per heavy atom. The van der Waals surface area contributed by atoms with Crippen LogP contribution in [0.2, 0.25) is 0 Å². The van der Waals surface area contributed by atoms with Gasteiger partial charge in [-0.15, -0.1) is 0 Å². The molecule has 0 spiro atoms.